The lowest BCUT2D eigenvalue weighted by atomic mass is 9.99. The van der Waals surface area contributed by atoms with Crippen LogP contribution >= 0.6 is 0 Å². The molecular formula is C28H28N4O3. The van der Waals surface area contributed by atoms with Crippen LogP contribution < -0.4 is 15.4 Å². The van der Waals surface area contributed by atoms with Gasteiger partial charge in [0.15, 0.2) is 0 Å². The Kier molecular flexibility index (Phi) is 8.17. The van der Waals surface area contributed by atoms with Crippen LogP contribution in [0.2, 0.25) is 0 Å². The first kappa shape index (κ1) is 24.1. The van der Waals surface area contributed by atoms with Crippen LogP contribution in [-0.4, -0.2) is 34.1 Å². The van der Waals surface area contributed by atoms with Gasteiger partial charge in [-0.15, -0.1) is 0 Å². The predicted molar refractivity (Wildman–Crippen MR) is 136 cm³/mol. The summed E-state index contributed by atoms with van der Waals surface area (Å²) < 4.78 is 6.03. The molecule has 7 nitrogen and oxygen atoms in total. The molecule has 0 atom stereocenters. The molecule has 0 aliphatic rings. The Morgan fingerprint density at radius 2 is 1.89 bits per heavy atom. The van der Waals surface area contributed by atoms with Gasteiger partial charge in [-0.25, -0.2) is 0 Å². The molecule has 178 valence electrons. The lowest BCUT2D eigenvalue weighted by Gasteiger charge is -2.15. The van der Waals surface area contributed by atoms with Crippen molar-refractivity contribution in [3.8, 4) is 16.9 Å². The minimum absolute atomic E-state index is 0.0290. The van der Waals surface area contributed by atoms with E-state index in [9.17, 15) is 4.79 Å². The number of aromatic nitrogens is 2. The van der Waals surface area contributed by atoms with Crippen molar-refractivity contribution < 1.29 is 14.6 Å². The van der Waals surface area contributed by atoms with Gasteiger partial charge in [0.25, 0.3) is 5.91 Å². The van der Waals surface area contributed by atoms with Crippen molar-refractivity contribution in [2.75, 3.05) is 18.5 Å². The summed E-state index contributed by atoms with van der Waals surface area (Å²) in [5, 5.41) is 15.2. The Hall–Kier alpha value is -4.07. The number of pyridine rings is 2. The van der Waals surface area contributed by atoms with Crippen LogP contribution in [0.4, 0.5) is 5.69 Å². The second kappa shape index (κ2) is 11.9. The number of carbonyl (C=O) groups is 1. The van der Waals surface area contributed by atoms with Crippen molar-refractivity contribution in [2.45, 2.75) is 20.1 Å². The van der Waals surface area contributed by atoms with Gasteiger partial charge in [-0.1, -0.05) is 48.5 Å². The smallest absolute Gasteiger partial charge is 0.274 e. The van der Waals surface area contributed by atoms with Crippen LogP contribution in [0, 0.1) is 6.92 Å². The van der Waals surface area contributed by atoms with E-state index in [0.29, 0.717) is 25.4 Å². The molecule has 1 amide bonds. The standard InChI is InChI=1S/C28H28N4O3/c1-20-24(22-8-3-2-4-9-22)10-5-11-25(20)32-28(34)26-15-27(23(18-31-26)17-30-13-14-33)35-19-21-7-6-12-29-16-21/h2-12,15-16,18,30,33H,13-14,17,19H2,1H3,(H,32,34). The van der Waals surface area contributed by atoms with Gasteiger partial charge in [0.1, 0.15) is 18.1 Å². The molecule has 0 unspecified atom stereocenters. The second-order valence-electron chi connectivity index (χ2n) is 8.03. The monoisotopic (exact) mass is 468 g/mol. The van der Waals surface area contributed by atoms with E-state index in [0.717, 1.165) is 33.5 Å². The Morgan fingerprint density at radius 3 is 2.66 bits per heavy atom. The summed E-state index contributed by atoms with van der Waals surface area (Å²) >= 11 is 0. The van der Waals surface area contributed by atoms with E-state index in [-0.39, 0.29) is 18.2 Å². The molecule has 2 aromatic carbocycles. The Labute approximate surface area is 204 Å². The number of nitrogens with zero attached hydrogens (tertiary/aromatic N) is 2. The maximum atomic E-state index is 13.1. The molecule has 0 aliphatic carbocycles. The molecule has 0 spiro atoms. The van der Waals surface area contributed by atoms with Gasteiger partial charge >= 0.3 is 0 Å². The van der Waals surface area contributed by atoms with Gasteiger partial charge in [-0.05, 0) is 35.7 Å². The second-order valence-corrected chi connectivity index (χ2v) is 8.03. The maximum Gasteiger partial charge on any atom is 0.274 e. The third-order valence-corrected chi connectivity index (χ3v) is 5.56. The van der Waals surface area contributed by atoms with E-state index >= 15 is 0 Å². The van der Waals surface area contributed by atoms with Gasteiger partial charge in [-0.2, -0.15) is 0 Å². The number of aliphatic hydroxyl groups excluding tert-OH is 1. The van der Waals surface area contributed by atoms with E-state index in [4.69, 9.17) is 9.84 Å². The summed E-state index contributed by atoms with van der Waals surface area (Å²) in [6.07, 6.45) is 5.07. The molecule has 3 N–H and O–H groups in total. The minimum Gasteiger partial charge on any atom is -0.488 e. The van der Waals surface area contributed by atoms with E-state index < -0.39 is 0 Å². The molecule has 4 aromatic rings. The normalized spacial score (nSPS) is 10.7. The van der Waals surface area contributed by atoms with Crippen LogP contribution in [0.5, 0.6) is 5.75 Å². The highest BCUT2D eigenvalue weighted by Gasteiger charge is 2.15. The summed E-state index contributed by atoms with van der Waals surface area (Å²) in [5.41, 5.74) is 5.81. The molecule has 2 heterocycles. The molecule has 35 heavy (non-hydrogen) atoms. The SMILES string of the molecule is Cc1c(NC(=O)c2cc(OCc3cccnc3)c(CNCCO)cn2)cccc1-c1ccccc1. The van der Waals surface area contributed by atoms with Gasteiger partial charge < -0.3 is 20.5 Å². The summed E-state index contributed by atoms with van der Waals surface area (Å²) in [7, 11) is 0. The van der Waals surface area contributed by atoms with Crippen molar-refractivity contribution in [1.82, 2.24) is 15.3 Å². The van der Waals surface area contributed by atoms with Crippen molar-refractivity contribution in [3.63, 3.8) is 0 Å². The Morgan fingerprint density at radius 1 is 1.03 bits per heavy atom. The first-order valence-electron chi connectivity index (χ1n) is 11.4. The number of carbonyl (C=O) groups excluding carboxylic acids is 1. The fourth-order valence-electron chi connectivity index (χ4n) is 3.69. The van der Waals surface area contributed by atoms with Crippen molar-refractivity contribution in [1.29, 1.82) is 0 Å². The first-order chi connectivity index (χ1) is 17.2. The zero-order valence-electron chi connectivity index (χ0n) is 19.6. The largest absolute Gasteiger partial charge is 0.488 e. The number of nitrogens with one attached hydrogen (secondary N) is 2. The zero-order valence-corrected chi connectivity index (χ0v) is 19.6. The number of ether oxygens (including phenoxy) is 1. The number of anilines is 1. The predicted octanol–water partition coefficient (Wildman–Crippen LogP) is 4.37. The zero-order chi connectivity index (χ0) is 24.5. The summed E-state index contributed by atoms with van der Waals surface area (Å²) in [4.78, 5) is 21.6. The number of rotatable bonds is 10. The van der Waals surface area contributed by atoms with E-state index in [2.05, 4.69) is 20.6 Å². The fraction of sp³-hybridized carbons (Fsp3) is 0.179. The third-order valence-electron chi connectivity index (χ3n) is 5.56. The van der Waals surface area contributed by atoms with Crippen molar-refractivity contribution >= 4 is 11.6 Å². The maximum absolute atomic E-state index is 13.1. The number of aliphatic hydroxyl groups is 1. The Balaban J connectivity index is 1.55. The average molecular weight is 469 g/mol. The van der Waals surface area contributed by atoms with Crippen LogP contribution in [0.3, 0.4) is 0 Å². The first-order valence-corrected chi connectivity index (χ1v) is 11.4. The molecule has 0 fully saturated rings. The van der Waals surface area contributed by atoms with E-state index in [1.165, 1.54) is 0 Å². The van der Waals surface area contributed by atoms with Gasteiger partial charge in [0, 0.05) is 54.6 Å². The highest BCUT2D eigenvalue weighted by atomic mass is 16.5. The summed E-state index contributed by atoms with van der Waals surface area (Å²) in [6, 6.07) is 21.3. The van der Waals surface area contributed by atoms with Crippen LogP contribution in [0.15, 0.2) is 85.3 Å². The molecule has 4 rings (SSSR count). The summed E-state index contributed by atoms with van der Waals surface area (Å²) in [6.45, 7) is 3.23. The molecule has 0 radical (unpaired) electrons. The molecule has 0 saturated carbocycles. The minimum atomic E-state index is -0.320. The highest BCUT2D eigenvalue weighted by Crippen LogP contribution is 2.29. The van der Waals surface area contributed by atoms with Crippen LogP contribution in [-0.2, 0) is 13.2 Å². The topological polar surface area (TPSA) is 96.4 Å². The molecule has 2 aromatic heterocycles. The molecule has 0 aliphatic heterocycles. The molecule has 0 bridgehead atoms. The van der Waals surface area contributed by atoms with Crippen molar-refractivity contribution in [3.05, 3.63) is 108 Å². The van der Waals surface area contributed by atoms with Crippen molar-refractivity contribution in [2.24, 2.45) is 0 Å². The molecule has 0 saturated heterocycles. The van der Waals surface area contributed by atoms with Gasteiger partial charge in [-0.3, -0.25) is 14.8 Å². The van der Waals surface area contributed by atoms with E-state index in [1.54, 1.807) is 24.7 Å². The fourth-order valence-corrected chi connectivity index (χ4v) is 3.69. The van der Waals surface area contributed by atoms with Gasteiger partial charge in [0.05, 0.1) is 6.61 Å². The molecule has 7 heteroatoms. The summed E-state index contributed by atoms with van der Waals surface area (Å²) in [5.74, 6) is 0.230. The molecular weight excluding hydrogens is 440 g/mol. The number of hydrogen-bond donors (Lipinski definition) is 3. The number of benzene rings is 2. The lowest BCUT2D eigenvalue weighted by molar-refractivity contribution is 0.102. The Bertz CT molecular complexity index is 1260. The number of amides is 1. The van der Waals surface area contributed by atoms with Gasteiger partial charge in [0.2, 0.25) is 0 Å². The quantitative estimate of drug-likeness (QED) is 0.299. The van der Waals surface area contributed by atoms with E-state index in [1.807, 2.05) is 67.6 Å². The average Bonchev–Trinajstić information content (AvgIpc) is 2.90. The lowest BCUT2D eigenvalue weighted by Crippen LogP contribution is -2.19. The third kappa shape index (κ3) is 6.29. The van der Waals surface area contributed by atoms with Crippen LogP contribution in [0.1, 0.15) is 27.2 Å². The number of hydrogen-bond acceptors (Lipinski definition) is 6. The highest BCUT2D eigenvalue weighted by molar-refractivity contribution is 6.04. The van der Waals surface area contributed by atoms with Crippen LogP contribution in [0.25, 0.3) is 11.1 Å².